The van der Waals surface area contributed by atoms with E-state index in [2.05, 4.69) is 18.7 Å². The summed E-state index contributed by atoms with van der Waals surface area (Å²) in [5.74, 6) is 0.323. The summed E-state index contributed by atoms with van der Waals surface area (Å²) in [7, 11) is 0. The van der Waals surface area contributed by atoms with Crippen LogP contribution in [0.25, 0.3) is 0 Å². The van der Waals surface area contributed by atoms with E-state index in [1.807, 2.05) is 24.3 Å². The lowest BCUT2D eigenvalue weighted by Gasteiger charge is -2.26. The van der Waals surface area contributed by atoms with E-state index in [1.54, 1.807) is 0 Å². The van der Waals surface area contributed by atoms with Gasteiger partial charge in [-0.3, -0.25) is 9.69 Å². The number of rotatable bonds is 10. The minimum absolute atomic E-state index is 0.283. The highest BCUT2D eigenvalue weighted by molar-refractivity contribution is 5.75. The van der Waals surface area contributed by atoms with Gasteiger partial charge >= 0.3 is 0 Å². The Morgan fingerprint density at radius 3 is 2.57 bits per heavy atom. The average Bonchev–Trinajstić information content (AvgIpc) is 2.45. The maximum absolute atomic E-state index is 11.3. The zero-order valence-corrected chi connectivity index (χ0v) is 13.3. The Morgan fingerprint density at radius 1 is 1.29 bits per heavy atom. The fourth-order valence-electron chi connectivity index (χ4n) is 2.61. The van der Waals surface area contributed by atoms with Gasteiger partial charge in [-0.25, -0.2) is 0 Å². The van der Waals surface area contributed by atoms with Crippen molar-refractivity contribution in [1.29, 1.82) is 0 Å². The Bertz CT molecular complexity index is 434. The van der Waals surface area contributed by atoms with E-state index in [9.17, 15) is 4.79 Å². The van der Waals surface area contributed by atoms with Gasteiger partial charge in [0.25, 0.3) is 0 Å². The number of nitrogen functional groups attached to an aromatic ring is 1. The summed E-state index contributed by atoms with van der Waals surface area (Å²) >= 11 is 0. The minimum Gasteiger partial charge on any atom is -0.398 e. The number of carbonyl (C=O) groups is 1. The molecule has 4 nitrogen and oxygen atoms in total. The molecule has 0 heterocycles. The van der Waals surface area contributed by atoms with Crippen LogP contribution in [0, 0.1) is 5.92 Å². The van der Waals surface area contributed by atoms with Crippen LogP contribution in [0.4, 0.5) is 5.69 Å². The number of primary amides is 1. The third kappa shape index (κ3) is 6.63. The molecule has 1 aromatic rings. The largest absolute Gasteiger partial charge is 0.398 e. The molecule has 0 aliphatic rings. The Balaban J connectivity index is 2.70. The first-order valence-corrected chi connectivity index (χ1v) is 7.90. The van der Waals surface area contributed by atoms with E-state index in [-0.39, 0.29) is 12.5 Å². The Kier molecular flexibility index (Phi) is 7.83. The molecule has 0 aliphatic carbocycles. The van der Waals surface area contributed by atoms with Crippen molar-refractivity contribution in [3.63, 3.8) is 0 Å². The first-order valence-electron chi connectivity index (χ1n) is 7.90. The van der Waals surface area contributed by atoms with Crippen LogP contribution in [0.15, 0.2) is 24.3 Å². The molecule has 0 radical (unpaired) electrons. The summed E-state index contributed by atoms with van der Waals surface area (Å²) in [6, 6.07) is 7.80. The summed E-state index contributed by atoms with van der Waals surface area (Å²) in [6.07, 6.45) is 4.76. The van der Waals surface area contributed by atoms with Gasteiger partial charge in [-0.1, -0.05) is 51.3 Å². The second kappa shape index (κ2) is 9.40. The summed E-state index contributed by atoms with van der Waals surface area (Å²) in [6.45, 7) is 6.28. The monoisotopic (exact) mass is 291 g/mol. The van der Waals surface area contributed by atoms with Crippen molar-refractivity contribution in [2.75, 3.05) is 18.8 Å². The first-order chi connectivity index (χ1) is 10.1. The standard InChI is InChI=1S/C17H29N3O/c1-3-5-8-14(4-2)11-20(13-17(19)21)12-15-9-6-7-10-16(15)18/h6-7,9-10,14H,3-5,8,11-13,18H2,1-2H3,(H2,19,21). The second-order valence-electron chi connectivity index (χ2n) is 5.75. The van der Waals surface area contributed by atoms with Crippen LogP contribution in [0.5, 0.6) is 0 Å². The van der Waals surface area contributed by atoms with Crippen LogP contribution >= 0.6 is 0 Å². The van der Waals surface area contributed by atoms with Crippen LogP contribution in [0.1, 0.15) is 45.1 Å². The fraction of sp³-hybridized carbons (Fsp3) is 0.588. The van der Waals surface area contributed by atoms with Crippen molar-refractivity contribution in [3.05, 3.63) is 29.8 Å². The van der Waals surface area contributed by atoms with E-state index in [0.717, 1.165) is 24.2 Å². The summed E-state index contributed by atoms with van der Waals surface area (Å²) in [4.78, 5) is 13.4. The predicted octanol–water partition coefficient (Wildman–Crippen LogP) is 2.77. The van der Waals surface area contributed by atoms with Gasteiger partial charge in [-0.05, 0) is 24.0 Å². The van der Waals surface area contributed by atoms with Gasteiger partial charge in [0.2, 0.25) is 5.91 Å². The topological polar surface area (TPSA) is 72.3 Å². The Labute approximate surface area is 128 Å². The number of para-hydroxylation sites is 1. The van der Waals surface area contributed by atoms with E-state index in [0.29, 0.717) is 12.5 Å². The van der Waals surface area contributed by atoms with E-state index in [1.165, 1.54) is 19.3 Å². The van der Waals surface area contributed by atoms with Gasteiger partial charge in [0, 0.05) is 18.8 Å². The molecule has 1 aromatic carbocycles. The quantitative estimate of drug-likeness (QED) is 0.651. The average molecular weight is 291 g/mol. The smallest absolute Gasteiger partial charge is 0.231 e. The maximum atomic E-state index is 11.3. The van der Waals surface area contributed by atoms with Gasteiger partial charge in [-0.15, -0.1) is 0 Å². The molecule has 1 rings (SSSR count). The predicted molar refractivity (Wildman–Crippen MR) is 88.6 cm³/mol. The number of amides is 1. The van der Waals surface area contributed by atoms with Crippen LogP contribution in [0.3, 0.4) is 0 Å². The lowest BCUT2D eigenvalue weighted by Crippen LogP contribution is -2.36. The molecular formula is C17H29N3O. The molecule has 4 heteroatoms. The van der Waals surface area contributed by atoms with E-state index >= 15 is 0 Å². The molecule has 0 fully saturated rings. The Morgan fingerprint density at radius 2 is 2.00 bits per heavy atom. The van der Waals surface area contributed by atoms with Crippen molar-refractivity contribution >= 4 is 11.6 Å². The molecule has 0 aliphatic heterocycles. The van der Waals surface area contributed by atoms with Crippen molar-refractivity contribution in [3.8, 4) is 0 Å². The van der Waals surface area contributed by atoms with Crippen LogP contribution in [-0.4, -0.2) is 23.9 Å². The number of hydrogen-bond acceptors (Lipinski definition) is 3. The molecule has 1 atom stereocenters. The summed E-state index contributed by atoms with van der Waals surface area (Å²) in [5.41, 5.74) is 13.2. The SMILES string of the molecule is CCCCC(CC)CN(CC(N)=O)Cc1ccccc1N. The third-order valence-corrected chi connectivity index (χ3v) is 3.89. The number of anilines is 1. The minimum atomic E-state index is -0.283. The molecule has 4 N–H and O–H groups in total. The van der Waals surface area contributed by atoms with Crippen LogP contribution in [0.2, 0.25) is 0 Å². The highest BCUT2D eigenvalue weighted by atomic mass is 16.1. The molecule has 21 heavy (non-hydrogen) atoms. The van der Waals surface area contributed by atoms with Gasteiger partial charge < -0.3 is 11.5 Å². The molecule has 1 amide bonds. The highest BCUT2D eigenvalue weighted by Crippen LogP contribution is 2.18. The zero-order valence-electron chi connectivity index (χ0n) is 13.3. The number of benzene rings is 1. The van der Waals surface area contributed by atoms with Crippen molar-refractivity contribution < 1.29 is 4.79 Å². The molecule has 1 unspecified atom stereocenters. The lowest BCUT2D eigenvalue weighted by molar-refractivity contribution is -0.119. The van der Waals surface area contributed by atoms with E-state index in [4.69, 9.17) is 11.5 Å². The molecule has 0 aromatic heterocycles. The highest BCUT2D eigenvalue weighted by Gasteiger charge is 2.15. The van der Waals surface area contributed by atoms with Crippen molar-refractivity contribution in [1.82, 2.24) is 4.90 Å². The zero-order chi connectivity index (χ0) is 15.7. The number of nitrogens with zero attached hydrogens (tertiary/aromatic N) is 1. The van der Waals surface area contributed by atoms with Crippen molar-refractivity contribution in [2.45, 2.75) is 46.1 Å². The molecule has 118 valence electrons. The summed E-state index contributed by atoms with van der Waals surface area (Å²) in [5, 5.41) is 0. The number of carbonyl (C=O) groups excluding carboxylic acids is 1. The molecule has 0 saturated carbocycles. The summed E-state index contributed by atoms with van der Waals surface area (Å²) < 4.78 is 0. The lowest BCUT2D eigenvalue weighted by atomic mass is 9.98. The molecule has 0 bridgehead atoms. The molecule has 0 saturated heterocycles. The molecular weight excluding hydrogens is 262 g/mol. The fourth-order valence-corrected chi connectivity index (χ4v) is 2.61. The normalized spacial score (nSPS) is 12.5. The molecule has 0 spiro atoms. The second-order valence-corrected chi connectivity index (χ2v) is 5.75. The van der Waals surface area contributed by atoms with Crippen molar-refractivity contribution in [2.24, 2.45) is 11.7 Å². The van der Waals surface area contributed by atoms with Gasteiger partial charge in [0.15, 0.2) is 0 Å². The first kappa shape index (κ1) is 17.5. The van der Waals surface area contributed by atoms with E-state index < -0.39 is 0 Å². The van der Waals surface area contributed by atoms with Gasteiger partial charge in [0.05, 0.1) is 6.54 Å². The third-order valence-electron chi connectivity index (χ3n) is 3.89. The van der Waals surface area contributed by atoms with Crippen LogP contribution < -0.4 is 11.5 Å². The number of unbranched alkanes of at least 4 members (excludes halogenated alkanes) is 1. The maximum Gasteiger partial charge on any atom is 0.231 e. The number of nitrogens with two attached hydrogens (primary N) is 2. The van der Waals surface area contributed by atoms with Gasteiger partial charge in [0.1, 0.15) is 0 Å². The van der Waals surface area contributed by atoms with Crippen LogP contribution in [-0.2, 0) is 11.3 Å². The number of hydrogen-bond donors (Lipinski definition) is 2. The van der Waals surface area contributed by atoms with Gasteiger partial charge in [-0.2, -0.15) is 0 Å². The Hall–Kier alpha value is -1.55.